The van der Waals surface area contributed by atoms with Gasteiger partial charge in [0.15, 0.2) is 23.2 Å². The standard InChI is InChI=1S/C11H12F3NO/c1-6(15)2-3-10(16)7-4-8(12)11(14)9(13)5-7/h4-6H,2-3,15H2,1H3. The molecule has 1 atom stereocenters. The molecule has 0 aliphatic rings. The number of rotatable bonds is 4. The molecule has 0 aromatic heterocycles. The number of benzene rings is 1. The zero-order chi connectivity index (χ0) is 12.3. The highest BCUT2D eigenvalue weighted by Gasteiger charge is 2.15. The molecule has 0 bridgehead atoms. The molecule has 16 heavy (non-hydrogen) atoms. The van der Waals surface area contributed by atoms with Crippen LogP contribution in [0.1, 0.15) is 30.1 Å². The van der Waals surface area contributed by atoms with Crippen LogP contribution in [0.5, 0.6) is 0 Å². The van der Waals surface area contributed by atoms with Crippen LogP contribution in [0, 0.1) is 17.5 Å². The van der Waals surface area contributed by atoms with Gasteiger partial charge in [0.2, 0.25) is 0 Å². The fraction of sp³-hybridized carbons (Fsp3) is 0.364. The third-order valence-electron chi connectivity index (χ3n) is 2.13. The zero-order valence-electron chi connectivity index (χ0n) is 8.77. The Morgan fingerprint density at radius 1 is 1.31 bits per heavy atom. The Kier molecular flexibility index (Phi) is 4.06. The van der Waals surface area contributed by atoms with E-state index >= 15 is 0 Å². The molecule has 0 radical (unpaired) electrons. The normalized spacial score (nSPS) is 12.6. The minimum absolute atomic E-state index is 0.0855. The summed E-state index contributed by atoms with van der Waals surface area (Å²) in [5.41, 5.74) is 5.27. The average molecular weight is 231 g/mol. The maximum absolute atomic E-state index is 12.8. The highest BCUT2D eigenvalue weighted by Crippen LogP contribution is 2.15. The van der Waals surface area contributed by atoms with Crippen molar-refractivity contribution in [3.63, 3.8) is 0 Å². The van der Waals surface area contributed by atoms with Crippen molar-refractivity contribution in [2.24, 2.45) is 5.73 Å². The second-order valence-electron chi connectivity index (χ2n) is 3.69. The van der Waals surface area contributed by atoms with E-state index in [1.807, 2.05) is 0 Å². The van der Waals surface area contributed by atoms with Crippen LogP contribution in [-0.4, -0.2) is 11.8 Å². The molecule has 0 aliphatic carbocycles. The SMILES string of the molecule is CC(N)CCC(=O)c1cc(F)c(F)c(F)c1. The van der Waals surface area contributed by atoms with Crippen LogP contribution in [-0.2, 0) is 0 Å². The van der Waals surface area contributed by atoms with E-state index in [1.54, 1.807) is 6.92 Å². The van der Waals surface area contributed by atoms with Crippen molar-refractivity contribution in [3.05, 3.63) is 35.1 Å². The molecule has 1 aromatic carbocycles. The van der Waals surface area contributed by atoms with Crippen LogP contribution < -0.4 is 5.73 Å². The van der Waals surface area contributed by atoms with E-state index in [1.165, 1.54) is 0 Å². The molecule has 0 saturated carbocycles. The van der Waals surface area contributed by atoms with Crippen molar-refractivity contribution < 1.29 is 18.0 Å². The lowest BCUT2D eigenvalue weighted by molar-refractivity contribution is 0.0977. The van der Waals surface area contributed by atoms with E-state index in [4.69, 9.17) is 5.73 Å². The molecule has 1 rings (SSSR count). The number of carbonyl (C=O) groups excluding carboxylic acids is 1. The topological polar surface area (TPSA) is 43.1 Å². The van der Waals surface area contributed by atoms with E-state index in [0.717, 1.165) is 0 Å². The molecular formula is C11H12F3NO. The van der Waals surface area contributed by atoms with Crippen molar-refractivity contribution in [2.75, 3.05) is 0 Å². The predicted octanol–water partition coefficient (Wildman–Crippen LogP) is 2.41. The molecule has 0 fully saturated rings. The second kappa shape index (κ2) is 5.12. The Morgan fingerprint density at radius 3 is 2.25 bits per heavy atom. The number of Topliss-reactive ketones (excluding diaryl/α,β-unsaturated/α-hetero) is 1. The number of ketones is 1. The maximum Gasteiger partial charge on any atom is 0.194 e. The quantitative estimate of drug-likeness (QED) is 0.638. The first-order valence-electron chi connectivity index (χ1n) is 4.85. The fourth-order valence-corrected chi connectivity index (χ4v) is 1.22. The lowest BCUT2D eigenvalue weighted by atomic mass is 10.0. The Balaban J connectivity index is 2.84. The third kappa shape index (κ3) is 3.06. The number of hydrogen-bond acceptors (Lipinski definition) is 2. The Labute approximate surface area is 91.3 Å². The third-order valence-corrected chi connectivity index (χ3v) is 2.13. The first kappa shape index (κ1) is 12.7. The molecular weight excluding hydrogens is 219 g/mol. The molecule has 88 valence electrons. The van der Waals surface area contributed by atoms with Gasteiger partial charge in [0.05, 0.1) is 0 Å². The van der Waals surface area contributed by atoms with Gasteiger partial charge in [0.25, 0.3) is 0 Å². The van der Waals surface area contributed by atoms with E-state index in [2.05, 4.69) is 0 Å². The number of carbonyl (C=O) groups is 1. The van der Waals surface area contributed by atoms with Gasteiger partial charge in [-0.2, -0.15) is 0 Å². The molecule has 0 aliphatic heterocycles. The van der Waals surface area contributed by atoms with Crippen molar-refractivity contribution in [2.45, 2.75) is 25.8 Å². The minimum Gasteiger partial charge on any atom is -0.328 e. The van der Waals surface area contributed by atoms with Gasteiger partial charge in [-0.15, -0.1) is 0 Å². The van der Waals surface area contributed by atoms with E-state index in [0.29, 0.717) is 18.6 Å². The molecule has 5 heteroatoms. The summed E-state index contributed by atoms with van der Waals surface area (Å²) < 4.78 is 38.2. The molecule has 0 amide bonds. The van der Waals surface area contributed by atoms with Gasteiger partial charge in [0.1, 0.15) is 0 Å². The molecule has 0 heterocycles. The van der Waals surface area contributed by atoms with Gasteiger partial charge in [0, 0.05) is 18.0 Å². The maximum atomic E-state index is 12.8. The van der Waals surface area contributed by atoms with Gasteiger partial charge in [-0.05, 0) is 25.5 Å². The summed E-state index contributed by atoms with van der Waals surface area (Å²) in [6.45, 7) is 1.72. The van der Waals surface area contributed by atoms with Crippen LogP contribution >= 0.6 is 0 Å². The van der Waals surface area contributed by atoms with E-state index in [9.17, 15) is 18.0 Å². The number of halogens is 3. The molecule has 1 aromatic rings. The van der Waals surface area contributed by atoms with E-state index in [-0.39, 0.29) is 18.0 Å². The largest absolute Gasteiger partial charge is 0.328 e. The van der Waals surface area contributed by atoms with E-state index < -0.39 is 23.2 Å². The summed E-state index contributed by atoms with van der Waals surface area (Å²) in [5, 5.41) is 0. The van der Waals surface area contributed by atoms with Gasteiger partial charge in [-0.25, -0.2) is 13.2 Å². The summed E-state index contributed by atoms with van der Waals surface area (Å²) >= 11 is 0. The lowest BCUT2D eigenvalue weighted by Gasteiger charge is -2.05. The number of nitrogens with two attached hydrogens (primary N) is 1. The van der Waals surface area contributed by atoms with Crippen LogP contribution in [0.3, 0.4) is 0 Å². The van der Waals surface area contributed by atoms with Gasteiger partial charge < -0.3 is 5.73 Å². The molecule has 2 N–H and O–H groups in total. The van der Waals surface area contributed by atoms with Crippen LogP contribution in [0.15, 0.2) is 12.1 Å². The first-order valence-corrected chi connectivity index (χ1v) is 4.85. The average Bonchev–Trinajstić information content (AvgIpc) is 2.21. The highest BCUT2D eigenvalue weighted by molar-refractivity contribution is 5.96. The minimum atomic E-state index is -1.57. The smallest absolute Gasteiger partial charge is 0.194 e. The van der Waals surface area contributed by atoms with Crippen molar-refractivity contribution in [1.82, 2.24) is 0 Å². The zero-order valence-corrected chi connectivity index (χ0v) is 8.77. The Morgan fingerprint density at radius 2 is 1.81 bits per heavy atom. The highest BCUT2D eigenvalue weighted by atomic mass is 19.2. The van der Waals surface area contributed by atoms with Crippen LogP contribution in [0.2, 0.25) is 0 Å². The molecule has 0 spiro atoms. The second-order valence-corrected chi connectivity index (χ2v) is 3.69. The monoisotopic (exact) mass is 231 g/mol. The summed E-state index contributed by atoms with van der Waals surface area (Å²) in [6.07, 6.45) is 0.502. The molecule has 2 nitrogen and oxygen atoms in total. The Hall–Kier alpha value is -1.36. The molecule has 0 saturated heterocycles. The van der Waals surface area contributed by atoms with Crippen molar-refractivity contribution >= 4 is 5.78 Å². The lowest BCUT2D eigenvalue weighted by Crippen LogP contribution is -2.16. The Bertz CT molecular complexity index is 381. The number of hydrogen-bond donors (Lipinski definition) is 1. The van der Waals surface area contributed by atoms with Crippen LogP contribution in [0.25, 0.3) is 0 Å². The fourth-order valence-electron chi connectivity index (χ4n) is 1.22. The van der Waals surface area contributed by atoms with Gasteiger partial charge >= 0.3 is 0 Å². The van der Waals surface area contributed by atoms with Crippen LogP contribution in [0.4, 0.5) is 13.2 Å². The predicted molar refractivity (Wildman–Crippen MR) is 53.5 cm³/mol. The summed E-state index contributed by atoms with van der Waals surface area (Å²) in [6, 6.07) is 1.23. The first-order chi connectivity index (χ1) is 7.41. The van der Waals surface area contributed by atoms with Crippen molar-refractivity contribution in [3.8, 4) is 0 Å². The van der Waals surface area contributed by atoms with Crippen molar-refractivity contribution in [1.29, 1.82) is 0 Å². The van der Waals surface area contributed by atoms with Gasteiger partial charge in [-0.3, -0.25) is 4.79 Å². The summed E-state index contributed by atoms with van der Waals surface area (Å²) in [7, 11) is 0. The summed E-state index contributed by atoms with van der Waals surface area (Å²) in [5.74, 6) is -4.73. The summed E-state index contributed by atoms with van der Waals surface area (Å²) in [4.78, 5) is 11.5. The molecule has 1 unspecified atom stereocenters. The van der Waals surface area contributed by atoms with Gasteiger partial charge in [-0.1, -0.05) is 0 Å².